The highest BCUT2D eigenvalue weighted by Gasteiger charge is 2.20. The fourth-order valence-corrected chi connectivity index (χ4v) is 3.39. The summed E-state index contributed by atoms with van der Waals surface area (Å²) in [6.45, 7) is 0. The van der Waals surface area contributed by atoms with E-state index in [4.69, 9.17) is 9.47 Å². The molecule has 7 nitrogen and oxygen atoms in total. The maximum atomic E-state index is 12.4. The first-order valence-corrected chi connectivity index (χ1v) is 9.76. The third-order valence-electron chi connectivity index (χ3n) is 3.75. The third-order valence-corrected chi connectivity index (χ3v) is 5.04. The lowest BCUT2D eigenvalue weighted by atomic mass is 10.2. The summed E-state index contributed by atoms with van der Waals surface area (Å²) in [6, 6.07) is 21.6. The number of rotatable bonds is 7. The fourth-order valence-electron chi connectivity index (χ4n) is 2.38. The van der Waals surface area contributed by atoms with E-state index < -0.39 is 15.9 Å². The molecule has 0 bridgehead atoms. The highest BCUT2D eigenvalue weighted by Crippen LogP contribution is 2.23. The van der Waals surface area contributed by atoms with Crippen molar-refractivity contribution in [2.24, 2.45) is 0 Å². The Labute approximate surface area is 162 Å². The fraction of sp³-hybridized carbons (Fsp3) is 0.0500. The van der Waals surface area contributed by atoms with E-state index in [1.54, 1.807) is 24.3 Å². The largest absolute Gasteiger partial charge is 0.495 e. The smallest absolute Gasteiger partial charge is 0.266 e. The molecular formula is C20H18N2O5S. The number of carbonyl (C=O) groups is 1. The molecule has 144 valence electrons. The topological polar surface area (TPSA) is 93.7 Å². The molecule has 0 saturated heterocycles. The first kappa shape index (κ1) is 19.4. The summed E-state index contributed by atoms with van der Waals surface area (Å²) in [7, 11) is -2.62. The van der Waals surface area contributed by atoms with Gasteiger partial charge in [-0.1, -0.05) is 30.3 Å². The van der Waals surface area contributed by atoms with Crippen LogP contribution in [0.5, 0.6) is 17.2 Å². The van der Waals surface area contributed by atoms with Gasteiger partial charge in [0.25, 0.3) is 15.9 Å². The van der Waals surface area contributed by atoms with Crippen molar-refractivity contribution >= 4 is 15.9 Å². The lowest BCUT2D eigenvalue weighted by Gasteiger charge is -2.11. The number of amides is 1. The molecule has 3 aromatic carbocycles. The minimum absolute atomic E-state index is 0.0793. The van der Waals surface area contributed by atoms with Gasteiger partial charge in [-0.25, -0.2) is 8.42 Å². The van der Waals surface area contributed by atoms with Crippen LogP contribution in [0.4, 0.5) is 0 Å². The Morgan fingerprint density at radius 3 is 2.11 bits per heavy atom. The summed E-state index contributed by atoms with van der Waals surface area (Å²) in [5, 5.41) is 0. The highest BCUT2D eigenvalue weighted by atomic mass is 32.2. The second-order valence-electron chi connectivity index (χ2n) is 5.65. The number of carbonyl (C=O) groups excluding carboxylic acids is 1. The van der Waals surface area contributed by atoms with Crippen LogP contribution in [0.2, 0.25) is 0 Å². The molecular weight excluding hydrogens is 380 g/mol. The third kappa shape index (κ3) is 4.67. The quantitative estimate of drug-likeness (QED) is 0.597. The number of ether oxygens (including phenoxy) is 2. The van der Waals surface area contributed by atoms with Crippen molar-refractivity contribution in [2.45, 2.75) is 4.90 Å². The number of para-hydroxylation sites is 2. The molecule has 0 radical (unpaired) electrons. The second kappa shape index (κ2) is 8.55. The Morgan fingerprint density at radius 2 is 1.43 bits per heavy atom. The van der Waals surface area contributed by atoms with E-state index in [-0.39, 0.29) is 16.2 Å². The predicted molar refractivity (Wildman–Crippen MR) is 104 cm³/mol. The summed E-state index contributed by atoms with van der Waals surface area (Å²) in [5.41, 5.74) is 2.45. The van der Waals surface area contributed by atoms with Crippen LogP contribution in [0, 0.1) is 0 Å². The van der Waals surface area contributed by atoms with E-state index in [0.29, 0.717) is 11.5 Å². The van der Waals surface area contributed by atoms with Crippen LogP contribution in [-0.4, -0.2) is 21.4 Å². The number of benzene rings is 3. The lowest BCUT2D eigenvalue weighted by Crippen LogP contribution is -2.41. The van der Waals surface area contributed by atoms with Crippen molar-refractivity contribution in [2.75, 3.05) is 7.11 Å². The summed E-state index contributed by atoms with van der Waals surface area (Å²) < 4.78 is 35.5. The van der Waals surface area contributed by atoms with E-state index in [1.807, 2.05) is 30.3 Å². The monoisotopic (exact) mass is 398 g/mol. The van der Waals surface area contributed by atoms with Crippen molar-refractivity contribution in [3.8, 4) is 17.2 Å². The minimum atomic E-state index is -3.99. The summed E-state index contributed by atoms with van der Waals surface area (Å²) in [4.78, 5) is 14.2. The van der Waals surface area contributed by atoms with Gasteiger partial charge in [0, 0.05) is 5.56 Å². The standard InChI is InChI=1S/C20H18N2O5S/c1-26-18-9-5-6-10-19(18)28(24,25)22-21-20(23)15-11-13-17(14-12-15)27-16-7-3-2-4-8-16/h2-14,22H,1H3,(H,21,23). The molecule has 0 atom stereocenters. The predicted octanol–water partition coefficient (Wildman–Crippen LogP) is 3.11. The van der Waals surface area contributed by atoms with Crippen LogP contribution in [0.1, 0.15) is 10.4 Å². The summed E-state index contributed by atoms with van der Waals surface area (Å²) >= 11 is 0. The highest BCUT2D eigenvalue weighted by molar-refractivity contribution is 7.89. The normalized spacial score (nSPS) is 10.9. The molecule has 0 saturated carbocycles. The van der Waals surface area contributed by atoms with Gasteiger partial charge >= 0.3 is 0 Å². The number of sulfonamides is 1. The van der Waals surface area contributed by atoms with E-state index in [9.17, 15) is 13.2 Å². The van der Waals surface area contributed by atoms with E-state index in [2.05, 4.69) is 10.3 Å². The Balaban J connectivity index is 1.64. The van der Waals surface area contributed by atoms with Crippen LogP contribution >= 0.6 is 0 Å². The van der Waals surface area contributed by atoms with Crippen LogP contribution in [0.25, 0.3) is 0 Å². The van der Waals surface area contributed by atoms with Gasteiger partial charge in [-0.2, -0.15) is 0 Å². The molecule has 8 heteroatoms. The van der Waals surface area contributed by atoms with Gasteiger partial charge in [-0.3, -0.25) is 10.2 Å². The van der Waals surface area contributed by atoms with Crippen LogP contribution in [0.3, 0.4) is 0 Å². The van der Waals surface area contributed by atoms with Gasteiger partial charge < -0.3 is 9.47 Å². The van der Waals surface area contributed by atoms with E-state index in [0.717, 1.165) is 0 Å². The average Bonchev–Trinajstić information content (AvgIpc) is 2.73. The maximum Gasteiger partial charge on any atom is 0.266 e. The van der Waals surface area contributed by atoms with E-state index in [1.165, 1.54) is 31.4 Å². The zero-order valence-corrected chi connectivity index (χ0v) is 15.8. The number of nitrogens with one attached hydrogen (secondary N) is 2. The Hall–Kier alpha value is -3.36. The van der Waals surface area contributed by atoms with Crippen molar-refractivity contribution in [3.63, 3.8) is 0 Å². The molecule has 0 aliphatic heterocycles. The van der Waals surface area contributed by atoms with Gasteiger partial charge in [0.05, 0.1) is 7.11 Å². The van der Waals surface area contributed by atoms with Crippen molar-refractivity contribution in [3.05, 3.63) is 84.4 Å². The number of hydrogen-bond donors (Lipinski definition) is 2. The first-order chi connectivity index (χ1) is 13.5. The van der Waals surface area contributed by atoms with Gasteiger partial charge in [-0.05, 0) is 48.5 Å². The van der Waals surface area contributed by atoms with Crippen LogP contribution in [-0.2, 0) is 10.0 Å². The van der Waals surface area contributed by atoms with Crippen molar-refractivity contribution < 1.29 is 22.7 Å². The zero-order valence-electron chi connectivity index (χ0n) is 15.0. The molecule has 0 fully saturated rings. The molecule has 0 aliphatic carbocycles. The molecule has 0 aromatic heterocycles. The number of hydrogen-bond acceptors (Lipinski definition) is 5. The molecule has 0 unspecified atom stereocenters. The molecule has 0 spiro atoms. The Morgan fingerprint density at radius 1 is 0.821 bits per heavy atom. The first-order valence-electron chi connectivity index (χ1n) is 8.28. The average molecular weight is 398 g/mol. The molecule has 2 N–H and O–H groups in total. The SMILES string of the molecule is COc1ccccc1S(=O)(=O)NNC(=O)c1ccc(Oc2ccccc2)cc1. The van der Waals surface area contributed by atoms with Gasteiger partial charge in [-0.15, -0.1) is 4.83 Å². The van der Waals surface area contributed by atoms with Gasteiger partial charge in [0.15, 0.2) is 0 Å². The maximum absolute atomic E-state index is 12.4. The molecule has 0 aliphatic rings. The summed E-state index contributed by atoms with van der Waals surface area (Å²) in [5.74, 6) is 0.790. The van der Waals surface area contributed by atoms with Gasteiger partial charge in [0.2, 0.25) is 0 Å². The number of methoxy groups -OCH3 is 1. The molecule has 3 rings (SSSR count). The molecule has 3 aromatic rings. The Kier molecular flexibility index (Phi) is 5.93. The van der Waals surface area contributed by atoms with Crippen molar-refractivity contribution in [1.82, 2.24) is 10.3 Å². The van der Waals surface area contributed by atoms with Crippen molar-refractivity contribution in [1.29, 1.82) is 0 Å². The molecule has 1 amide bonds. The number of hydrazine groups is 1. The molecule has 0 heterocycles. The van der Waals surface area contributed by atoms with Crippen LogP contribution in [0.15, 0.2) is 83.8 Å². The second-order valence-corrected chi connectivity index (χ2v) is 7.30. The minimum Gasteiger partial charge on any atom is -0.495 e. The van der Waals surface area contributed by atoms with E-state index >= 15 is 0 Å². The van der Waals surface area contributed by atoms with Gasteiger partial charge in [0.1, 0.15) is 22.1 Å². The lowest BCUT2D eigenvalue weighted by molar-refractivity contribution is 0.0945. The van der Waals surface area contributed by atoms with Crippen LogP contribution < -0.4 is 19.7 Å². The Bertz CT molecular complexity index is 1050. The zero-order chi connectivity index (χ0) is 20.0. The molecule has 28 heavy (non-hydrogen) atoms. The summed E-state index contributed by atoms with van der Waals surface area (Å²) in [6.07, 6.45) is 0.